The number of likely N-dealkylation sites (N-methyl/N-ethyl adjacent to an activating group) is 1. The van der Waals surface area contributed by atoms with Gasteiger partial charge in [0.25, 0.3) is 0 Å². The number of nitrogens with zero attached hydrogens (tertiary/aromatic N) is 2. The maximum atomic E-state index is 10.5. The largest absolute Gasteiger partial charge is 0.438 e. The van der Waals surface area contributed by atoms with Crippen LogP contribution in [0.4, 0.5) is 5.88 Å². The number of likely N-dealkylation sites (tertiary alicyclic amines) is 1. The first kappa shape index (κ1) is 11.2. The molecule has 4 nitrogen and oxygen atoms in total. The van der Waals surface area contributed by atoms with Gasteiger partial charge in [-0.3, -0.25) is 4.79 Å². The van der Waals surface area contributed by atoms with Gasteiger partial charge in [-0.1, -0.05) is 0 Å². The van der Waals surface area contributed by atoms with E-state index in [2.05, 4.69) is 4.90 Å². The average molecular weight is 222 g/mol. The maximum Gasteiger partial charge on any atom is 0.196 e. The summed E-state index contributed by atoms with van der Waals surface area (Å²) in [4.78, 5) is 15.0. The Balaban J connectivity index is 1.82. The van der Waals surface area contributed by atoms with Gasteiger partial charge in [0.1, 0.15) is 0 Å². The quantitative estimate of drug-likeness (QED) is 0.709. The summed E-state index contributed by atoms with van der Waals surface area (Å²) in [5.41, 5.74) is 0. The minimum absolute atomic E-state index is 0.392. The molecule has 1 aromatic heterocycles. The fourth-order valence-corrected chi connectivity index (χ4v) is 2.02. The van der Waals surface area contributed by atoms with Crippen LogP contribution >= 0.6 is 0 Å². The smallest absolute Gasteiger partial charge is 0.196 e. The first-order valence-electron chi connectivity index (χ1n) is 5.78. The molecule has 0 unspecified atom stereocenters. The maximum absolute atomic E-state index is 10.5. The second-order valence-corrected chi connectivity index (χ2v) is 4.26. The lowest BCUT2D eigenvalue weighted by molar-refractivity contribution is 0.110. The summed E-state index contributed by atoms with van der Waals surface area (Å²) in [6.07, 6.45) is 3.37. The van der Waals surface area contributed by atoms with Crippen LogP contribution in [-0.2, 0) is 0 Å². The first-order chi connectivity index (χ1) is 7.79. The third kappa shape index (κ3) is 2.64. The third-order valence-electron chi connectivity index (χ3n) is 3.06. The lowest BCUT2D eigenvalue weighted by Gasteiger charge is -2.20. The van der Waals surface area contributed by atoms with Crippen molar-refractivity contribution in [3.63, 3.8) is 0 Å². The molecule has 0 amide bonds. The minimum Gasteiger partial charge on any atom is -0.438 e. The molecule has 1 aliphatic rings. The van der Waals surface area contributed by atoms with Crippen LogP contribution in [0.3, 0.4) is 0 Å². The summed E-state index contributed by atoms with van der Waals surface area (Å²) in [6.45, 7) is 4.43. The van der Waals surface area contributed by atoms with Crippen LogP contribution in [-0.4, -0.2) is 44.4 Å². The fourth-order valence-electron chi connectivity index (χ4n) is 2.02. The molecule has 0 aliphatic carbocycles. The average Bonchev–Trinajstić information content (AvgIpc) is 2.96. The molecule has 0 spiro atoms. The normalized spacial score (nSPS) is 16.6. The Hall–Kier alpha value is -1.29. The van der Waals surface area contributed by atoms with Crippen LogP contribution in [0.15, 0.2) is 16.5 Å². The SMILES string of the molecule is CN(CCN1CCCC1)c1ccc(C=O)o1. The van der Waals surface area contributed by atoms with Gasteiger partial charge in [-0.2, -0.15) is 0 Å². The third-order valence-corrected chi connectivity index (χ3v) is 3.06. The monoisotopic (exact) mass is 222 g/mol. The van der Waals surface area contributed by atoms with E-state index in [1.807, 2.05) is 18.0 Å². The zero-order valence-electron chi connectivity index (χ0n) is 9.69. The summed E-state index contributed by atoms with van der Waals surface area (Å²) in [5.74, 6) is 1.16. The van der Waals surface area contributed by atoms with E-state index in [9.17, 15) is 4.79 Å². The van der Waals surface area contributed by atoms with Gasteiger partial charge in [0, 0.05) is 26.2 Å². The van der Waals surface area contributed by atoms with Crippen molar-refractivity contribution >= 4 is 12.2 Å². The van der Waals surface area contributed by atoms with Gasteiger partial charge in [-0.25, -0.2) is 0 Å². The van der Waals surface area contributed by atoms with Crippen molar-refractivity contribution in [2.24, 2.45) is 0 Å². The summed E-state index contributed by atoms with van der Waals surface area (Å²) in [5, 5.41) is 0. The first-order valence-corrected chi connectivity index (χ1v) is 5.78. The molecule has 1 saturated heterocycles. The highest BCUT2D eigenvalue weighted by Crippen LogP contribution is 2.16. The van der Waals surface area contributed by atoms with Crippen LogP contribution in [0.5, 0.6) is 0 Å². The zero-order chi connectivity index (χ0) is 11.4. The Morgan fingerprint density at radius 2 is 2.19 bits per heavy atom. The molecule has 88 valence electrons. The zero-order valence-corrected chi connectivity index (χ0v) is 9.69. The fraction of sp³-hybridized carbons (Fsp3) is 0.583. The summed E-state index contributed by atoms with van der Waals surface area (Å²) in [7, 11) is 1.99. The molecule has 4 heteroatoms. The number of rotatable bonds is 5. The minimum atomic E-state index is 0.392. The van der Waals surface area contributed by atoms with E-state index in [1.165, 1.54) is 25.9 Å². The van der Waals surface area contributed by atoms with Gasteiger partial charge >= 0.3 is 0 Å². The van der Waals surface area contributed by atoms with Crippen molar-refractivity contribution in [1.29, 1.82) is 0 Å². The number of furan rings is 1. The number of carbonyl (C=O) groups excluding carboxylic acids is 1. The van der Waals surface area contributed by atoms with Gasteiger partial charge in [-0.05, 0) is 32.0 Å². The van der Waals surface area contributed by atoms with Gasteiger partial charge in [0.2, 0.25) is 0 Å². The van der Waals surface area contributed by atoms with Crippen molar-refractivity contribution in [1.82, 2.24) is 4.90 Å². The highest BCUT2D eigenvalue weighted by Gasteiger charge is 2.13. The lowest BCUT2D eigenvalue weighted by Crippen LogP contribution is -2.31. The molecule has 0 N–H and O–H groups in total. The van der Waals surface area contributed by atoms with E-state index >= 15 is 0 Å². The van der Waals surface area contributed by atoms with Gasteiger partial charge in [0.05, 0.1) is 0 Å². The van der Waals surface area contributed by atoms with E-state index < -0.39 is 0 Å². The Kier molecular flexibility index (Phi) is 3.62. The predicted octanol–water partition coefficient (Wildman–Crippen LogP) is 1.62. The van der Waals surface area contributed by atoms with E-state index in [-0.39, 0.29) is 0 Å². The Labute approximate surface area is 95.8 Å². The second-order valence-electron chi connectivity index (χ2n) is 4.26. The van der Waals surface area contributed by atoms with E-state index in [0.29, 0.717) is 5.76 Å². The molecule has 16 heavy (non-hydrogen) atoms. The van der Waals surface area contributed by atoms with E-state index in [1.54, 1.807) is 6.07 Å². The molecule has 0 aromatic carbocycles. The van der Waals surface area contributed by atoms with E-state index in [4.69, 9.17) is 4.42 Å². The Morgan fingerprint density at radius 3 is 2.81 bits per heavy atom. The topological polar surface area (TPSA) is 36.7 Å². The molecule has 1 aliphatic heterocycles. The van der Waals surface area contributed by atoms with Crippen molar-refractivity contribution in [3.8, 4) is 0 Å². The van der Waals surface area contributed by atoms with Crippen LogP contribution in [0.25, 0.3) is 0 Å². The number of hydrogen-bond donors (Lipinski definition) is 0. The predicted molar refractivity (Wildman–Crippen MR) is 63.0 cm³/mol. The van der Waals surface area contributed by atoms with Crippen LogP contribution in [0.1, 0.15) is 23.4 Å². The standard InChI is InChI=1S/C12H18N2O2/c1-13(8-9-14-6-2-3-7-14)12-5-4-11(10-15)16-12/h4-5,10H,2-3,6-9H2,1H3. The number of carbonyl (C=O) groups is 1. The molecular weight excluding hydrogens is 204 g/mol. The van der Waals surface area contributed by atoms with Crippen molar-refractivity contribution in [2.45, 2.75) is 12.8 Å². The van der Waals surface area contributed by atoms with Gasteiger partial charge in [0.15, 0.2) is 17.9 Å². The molecule has 0 atom stereocenters. The van der Waals surface area contributed by atoms with Crippen molar-refractivity contribution in [2.75, 3.05) is 38.1 Å². The van der Waals surface area contributed by atoms with Crippen LogP contribution in [0, 0.1) is 0 Å². The van der Waals surface area contributed by atoms with Crippen molar-refractivity contribution < 1.29 is 9.21 Å². The Bertz CT molecular complexity index is 343. The molecule has 1 aromatic rings. The molecule has 2 heterocycles. The highest BCUT2D eigenvalue weighted by atomic mass is 16.4. The highest BCUT2D eigenvalue weighted by molar-refractivity contribution is 5.71. The molecular formula is C12H18N2O2. The Morgan fingerprint density at radius 1 is 1.44 bits per heavy atom. The summed E-state index contributed by atoms with van der Waals surface area (Å²) >= 11 is 0. The summed E-state index contributed by atoms with van der Waals surface area (Å²) < 4.78 is 5.35. The molecule has 0 saturated carbocycles. The molecule has 0 bridgehead atoms. The number of anilines is 1. The lowest BCUT2D eigenvalue weighted by atomic mass is 10.4. The number of hydrogen-bond acceptors (Lipinski definition) is 4. The summed E-state index contributed by atoms with van der Waals surface area (Å²) in [6, 6.07) is 3.54. The second kappa shape index (κ2) is 5.16. The van der Waals surface area contributed by atoms with Gasteiger partial charge < -0.3 is 14.2 Å². The number of aldehydes is 1. The van der Waals surface area contributed by atoms with Gasteiger partial charge in [-0.15, -0.1) is 0 Å². The molecule has 0 radical (unpaired) electrons. The van der Waals surface area contributed by atoms with Crippen molar-refractivity contribution in [3.05, 3.63) is 17.9 Å². The van der Waals surface area contributed by atoms with Crippen LogP contribution in [0.2, 0.25) is 0 Å². The molecule has 1 fully saturated rings. The molecule has 2 rings (SSSR count). The van der Waals surface area contributed by atoms with Crippen LogP contribution < -0.4 is 4.90 Å². The van der Waals surface area contributed by atoms with E-state index in [0.717, 1.165) is 25.3 Å².